The number of ketones is 1. The molecule has 0 bridgehead atoms. The van der Waals surface area contributed by atoms with Gasteiger partial charge in [0.05, 0.1) is 26.2 Å². The zero-order chi connectivity index (χ0) is 27.5. The summed E-state index contributed by atoms with van der Waals surface area (Å²) in [7, 11) is 0. The molecule has 0 amide bonds. The second kappa shape index (κ2) is 14.8. The molecule has 13 heteroatoms. The third-order valence-electron chi connectivity index (χ3n) is 6.11. The van der Waals surface area contributed by atoms with Crippen molar-refractivity contribution >= 4 is 29.7 Å². The van der Waals surface area contributed by atoms with E-state index in [-0.39, 0.29) is 84.2 Å². The van der Waals surface area contributed by atoms with Crippen LogP contribution < -0.4 is 0 Å². The van der Waals surface area contributed by atoms with E-state index in [9.17, 15) is 44.4 Å². The van der Waals surface area contributed by atoms with E-state index in [4.69, 9.17) is 0 Å². The first-order chi connectivity index (χ1) is 16.7. The second-order valence-corrected chi connectivity index (χ2v) is 10.2. The quantitative estimate of drug-likeness (QED) is 0.271. The molecule has 1 heterocycles. The van der Waals surface area contributed by atoms with Gasteiger partial charge in [0.2, 0.25) is 0 Å². The topological polar surface area (TPSA) is 179 Å². The van der Waals surface area contributed by atoms with Crippen LogP contribution in [0.3, 0.4) is 0 Å². The molecule has 0 aliphatic carbocycles. The van der Waals surface area contributed by atoms with Gasteiger partial charge >= 0.3 is 23.9 Å². The van der Waals surface area contributed by atoms with E-state index < -0.39 is 35.3 Å². The number of carbonyl (C=O) groups is 5. The molecule has 1 atom stereocenters. The Balaban J connectivity index is 3.29. The summed E-state index contributed by atoms with van der Waals surface area (Å²) >= 11 is 0. The van der Waals surface area contributed by atoms with E-state index in [1.54, 1.807) is 40.4 Å². The first-order valence-corrected chi connectivity index (χ1v) is 12.0. The fourth-order valence-electron chi connectivity index (χ4n) is 4.11. The molecule has 206 valence electrons. The van der Waals surface area contributed by atoms with E-state index in [1.807, 2.05) is 0 Å². The molecular formula is C23H40N4O9. The number of carboxylic acid groups (broad SMARTS) is 4. The monoisotopic (exact) mass is 516 g/mol. The van der Waals surface area contributed by atoms with Crippen LogP contribution in [0.5, 0.6) is 0 Å². The number of aliphatic carboxylic acids is 4. The average Bonchev–Trinajstić information content (AvgIpc) is 2.72. The Hall–Kier alpha value is -2.61. The van der Waals surface area contributed by atoms with Crippen molar-refractivity contribution in [3.63, 3.8) is 0 Å². The van der Waals surface area contributed by atoms with Crippen molar-refractivity contribution < 1.29 is 44.4 Å². The van der Waals surface area contributed by atoms with Gasteiger partial charge in [-0.1, -0.05) is 20.8 Å². The maximum absolute atomic E-state index is 12.6. The van der Waals surface area contributed by atoms with Gasteiger partial charge in [-0.15, -0.1) is 0 Å². The highest BCUT2D eigenvalue weighted by atomic mass is 16.4. The maximum atomic E-state index is 12.6. The number of Topliss-reactive ketones (excluding diaryl/α,β-unsaturated/α-hetero) is 1. The molecule has 1 aliphatic heterocycles. The second-order valence-electron chi connectivity index (χ2n) is 10.2. The molecule has 13 nitrogen and oxygen atoms in total. The number of hydrogen-bond acceptors (Lipinski definition) is 9. The number of rotatable bonds is 11. The van der Waals surface area contributed by atoms with Crippen molar-refractivity contribution in [2.75, 3.05) is 72.0 Å². The lowest BCUT2D eigenvalue weighted by Gasteiger charge is -2.37. The predicted octanol–water partition coefficient (Wildman–Crippen LogP) is -0.690. The molecule has 0 radical (unpaired) electrons. The van der Waals surface area contributed by atoms with Crippen molar-refractivity contribution in [3.8, 4) is 0 Å². The van der Waals surface area contributed by atoms with Crippen molar-refractivity contribution in [2.45, 2.75) is 39.7 Å². The summed E-state index contributed by atoms with van der Waals surface area (Å²) in [5.74, 6) is -4.28. The summed E-state index contributed by atoms with van der Waals surface area (Å²) in [6, 6.07) is -0.481. The zero-order valence-corrected chi connectivity index (χ0v) is 21.4. The predicted molar refractivity (Wildman–Crippen MR) is 129 cm³/mol. The number of carbonyl (C=O) groups excluding carboxylic acids is 1. The molecular weight excluding hydrogens is 476 g/mol. The minimum absolute atomic E-state index is 0.00573. The Bertz CT molecular complexity index is 784. The van der Waals surface area contributed by atoms with Crippen LogP contribution >= 0.6 is 0 Å². The van der Waals surface area contributed by atoms with Crippen LogP contribution in [0.1, 0.15) is 33.6 Å². The highest BCUT2D eigenvalue weighted by Gasteiger charge is 2.29. The molecule has 1 unspecified atom stereocenters. The Kier molecular flexibility index (Phi) is 12.9. The van der Waals surface area contributed by atoms with Gasteiger partial charge in [-0.3, -0.25) is 43.6 Å². The van der Waals surface area contributed by atoms with Gasteiger partial charge < -0.3 is 20.4 Å². The van der Waals surface area contributed by atoms with Crippen molar-refractivity contribution in [1.29, 1.82) is 0 Å². The van der Waals surface area contributed by atoms with E-state index in [0.717, 1.165) is 0 Å². The van der Waals surface area contributed by atoms with Gasteiger partial charge in [0, 0.05) is 63.7 Å². The molecule has 1 fully saturated rings. The summed E-state index contributed by atoms with van der Waals surface area (Å²) in [6.45, 7) is 5.64. The minimum atomic E-state index is -1.09. The van der Waals surface area contributed by atoms with E-state index >= 15 is 0 Å². The largest absolute Gasteiger partial charge is 0.480 e. The van der Waals surface area contributed by atoms with Crippen molar-refractivity contribution in [2.24, 2.45) is 5.41 Å². The molecule has 1 saturated heterocycles. The fourth-order valence-corrected chi connectivity index (χ4v) is 4.11. The minimum Gasteiger partial charge on any atom is -0.480 e. The molecule has 0 saturated carbocycles. The van der Waals surface area contributed by atoms with Crippen LogP contribution in [0.15, 0.2) is 0 Å². The summed E-state index contributed by atoms with van der Waals surface area (Å²) in [6.07, 6.45) is 0.479. The Morgan fingerprint density at radius 3 is 1.44 bits per heavy atom. The molecule has 4 N–H and O–H groups in total. The summed E-state index contributed by atoms with van der Waals surface area (Å²) in [5.41, 5.74) is -0.584. The lowest BCUT2D eigenvalue weighted by molar-refractivity contribution is -0.142. The van der Waals surface area contributed by atoms with Gasteiger partial charge in [-0.05, 0) is 6.42 Å². The fraction of sp³-hybridized carbons (Fsp3) is 0.783. The van der Waals surface area contributed by atoms with E-state index in [0.29, 0.717) is 6.42 Å². The average molecular weight is 517 g/mol. The summed E-state index contributed by atoms with van der Waals surface area (Å²) in [5, 5.41) is 37.6. The molecule has 36 heavy (non-hydrogen) atoms. The maximum Gasteiger partial charge on any atom is 0.317 e. The van der Waals surface area contributed by atoms with Gasteiger partial charge in [-0.2, -0.15) is 0 Å². The molecule has 0 aromatic carbocycles. The highest BCUT2D eigenvalue weighted by Crippen LogP contribution is 2.20. The summed E-state index contributed by atoms with van der Waals surface area (Å²) in [4.78, 5) is 65.1. The SMILES string of the molecule is CC(C)(C)C(=O)CCC1CN(CC(=O)O)CCN(CC(=O)O)CCN(CC(=O)O)CCN1CC(=O)O. The molecule has 1 rings (SSSR count). The van der Waals surface area contributed by atoms with Crippen LogP contribution in [-0.4, -0.2) is 148 Å². The van der Waals surface area contributed by atoms with Gasteiger partial charge in [0.15, 0.2) is 0 Å². The highest BCUT2D eigenvalue weighted by molar-refractivity contribution is 5.83. The lowest BCUT2D eigenvalue weighted by atomic mass is 9.87. The van der Waals surface area contributed by atoms with Crippen LogP contribution in [-0.2, 0) is 24.0 Å². The Morgan fingerprint density at radius 1 is 0.639 bits per heavy atom. The molecule has 0 aromatic heterocycles. The van der Waals surface area contributed by atoms with Crippen molar-refractivity contribution in [3.05, 3.63) is 0 Å². The third-order valence-corrected chi connectivity index (χ3v) is 6.11. The normalized spacial score (nSPS) is 20.2. The van der Waals surface area contributed by atoms with Gasteiger partial charge in [0.25, 0.3) is 0 Å². The molecule has 0 spiro atoms. The van der Waals surface area contributed by atoms with E-state index in [1.165, 1.54) is 0 Å². The number of nitrogens with zero attached hydrogens (tertiary/aromatic N) is 4. The van der Waals surface area contributed by atoms with Crippen LogP contribution in [0.4, 0.5) is 0 Å². The number of hydrogen-bond donors (Lipinski definition) is 4. The zero-order valence-electron chi connectivity index (χ0n) is 21.4. The smallest absolute Gasteiger partial charge is 0.317 e. The first-order valence-electron chi connectivity index (χ1n) is 12.0. The molecule has 0 aromatic rings. The lowest BCUT2D eigenvalue weighted by Crippen LogP contribution is -2.53. The van der Waals surface area contributed by atoms with Crippen LogP contribution in [0.2, 0.25) is 0 Å². The third kappa shape index (κ3) is 12.9. The van der Waals surface area contributed by atoms with E-state index in [2.05, 4.69) is 0 Å². The molecule has 1 aliphatic rings. The van der Waals surface area contributed by atoms with Gasteiger partial charge in [0.1, 0.15) is 5.78 Å². The number of carboxylic acids is 4. The Labute approximate surface area is 211 Å². The summed E-state index contributed by atoms with van der Waals surface area (Å²) < 4.78 is 0. The van der Waals surface area contributed by atoms with Crippen molar-refractivity contribution in [1.82, 2.24) is 19.6 Å². The Morgan fingerprint density at radius 2 is 1.03 bits per heavy atom. The van der Waals surface area contributed by atoms with Crippen LogP contribution in [0.25, 0.3) is 0 Å². The van der Waals surface area contributed by atoms with Gasteiger partial charge in [-0.25, -0.2) is 0 Å². The standard InChI is InChI=1S/C23H40N4O9/c1-23(2,3)18(28)5-4-17-12-26(15-21(33)34)9-8-24(13-19(29)30)6-7-25(14-20(31)32)10-11-27(17)16-22(35)36/h17H,4-16H2,1-3H3,(H,29,30)(H,31,32)(H,33,34)(H,35,36). The first kappa shape index (κ1) is 31.4. The van der Waals surface area contributed by atoms with Crippen LogP contribution in [0, 0.1) is 5.41 Å².